The number of para-hydroxylation sites is 1. The fraction of sp³-hybridized carbons (Fsp3) is 0.227. The zero-order valence-corrected chi connectivity index (χ0v) is 19.6. The SMILES string of the molecule is COC[C@H](C)Nc1nc(Oc2cccc3[nH]c(=O)c(N)nc23)cc(-c2ccc(C(F)(F)F)nc2Cl)n1. The summed E-state index contributed by atoms with van der Waals surface area (Å²) < 4.78 is 50.2. The van der Waals surface area contributed by atoms with Gasteiger partial charge >= 0.3 is 6.18 Å². The van der Waals surface area contributed by atoms with E-state index in [0.717, 1.165) is 12.1 Å². The monoisotopic (exact) mass is 521 g/mol. The van der Waals surface area contributed by atoms with Crippen LogP contribution in [0.25, 0.3) is 22.3 Å². The molecule has 0 saturated carbocycles. The standard InChI is InChI=1S/C22H19ClF3N7O3/c1-10(9-35-2)28-21-30-13(11-6-7-15(22(24,25)26)31-18(11)23)8-16(32-21)36-14-5-3-4-12-17(14)33-19(27)20(34)29-12/h3-8,10H,9H2,1-2H3,(H2,27,33)(H,29,34)(H,28,30,32)/t10-/m0/s1. The molecule has 0 radical (unpaired) electrons. The highest BCUT2D eigenvalue weighted by atomic mass is 35.5. The van der Waals surface area contributed by atoms with Crippen LogP contribution in [0.4, 0.5) is 24.9 Å². The van der Waals surface area contributed by atoms with E-state index in [9.17, 15) is 18.0 Å². The van der Waals surface area contributed by atoms with Crippen LogP contribution in [0.5, 0.6) is 11.6 Å². The second kappa shape index (κ2) is 9.95. The molecule has 36 heavy (non-hydrogen) atoms. The van der Waals surface area contributed by atoms with E-state index in [1.165, 1.54) is 13.2 Å². The molecule has 4 rings (SSSR count). The van der Waals surface area contributed by atoms with Gasteiger partial charge in [-0.15, -0.1) is 0 Å². The predicted octanol–water partition coefficient (Wildman–Crippen LogP) is 4.27. The van der Waals surface area contributed by atoms with Gasteiger partial charge in [-0.05, 0) is 31.2 Å². The third-order valence-electron chi connectivity index (χ3n) is 4.84. The van der Waals surface area contributed by atoms with Crippen LogP contribution in [-0.2, 0) is 10.9 Å². The highest BCUT2D eigenvalue weighted by Gasteiger charge is 2.33. The number of nitrogens with two attached hydrogens (primary N) is 1. The van der Waals surface area contributed by atoms with Crippen LogP contribution in [0.3, 0.4) is 0 Å². The number of aromatic amines is 1. The van der Waals surface area contributed by atoms with E-state index in [2.05, 4.69) is 30.2 Å². The Bertz CT molecular complexity index is 1480. The number of anilines is 2. The largest absolute Gasteiger partial charge is 0.436 e. The van der Waals surface area contributed by atoms with E-state index in [1.54, 1.807) is 18.2 Å². The van der Waals surface area contributed by atoms with E-state index in [-0.39, 0.29) is 46.2 Å². The average molecular weight is 522 g/mol. The number of alkyl halides is 3. The molecule has 4 aromatic rings. The normalized spacial score (nSPS) is 12.5. The number of fused-ring (bicyclic) bond motifs is 1. The maximum absolute atomic E-state index is 13.0. The number of methoxy groups -OCH3 is 1. The molecule has 10 nitrogen and oxygen atoms in total. The lowest BCUT2D eigenvalue weighted by atomic mass is 10.2. The molecule has 0 aliphatic heterocycles. The molecule has 1 aromatic carbocycles. The van der Waals surface area contributed by atoms with Crippen molar-refractivity contribution >= 4 is 34.4 Å². The van der Waals surface area contributed by atoms with Crippen LogP contribution < -0.4 is 21.3 Å². The van der Waals surface area contributed by atoms with Crippen molar-refractivity contribution in [1.29, 1.82) is 0 Å². The summed E-state index contributed by atoms with van der Waals surface area (Å²) in [6.45, 7) is 2.15. The summed E-state index contributed by atoms with van der Waals surface area (Å²) >= 11 is 6.09. The van der Waals surface area contributed by atoms with Crippen molar-refractivity contribution in [2.24, 2.45) is 0 Å². The summed E-state index contributed by atoms with van der Waals surface area (Å²) in [5, 5.41) is 2.63. The topological polar surface area (TPSA) is 141 Å². The second-order valence-corrected chi connectivity index (χ2v) is 8.01. The Morgan fingerprint density at radius 2 is 1.94 bits per heavy atom. The fourth-order valence-electron chi connectivity index (χ4n) is 3.27. The van der Waals surface area contributed by atoms with Gasteiger partial charge in [0.2, 0.25) is 11.8 Å². The minimum Gasteiger partial charge on any atom is -0.436 e. The summed E-state index contributed by atoms with van der Waals surface area (Å²) in [6.07, 6.45) is -4.66. The highest BCUT2D eigenvalue weighted by molar-refractivity contribution is 6.32. The Balaban J connectivity index is 1.80. The smallest absolute Gasteiger partial charge is 0.433 e. The summed E-state index contributed by atoms with van der Waals surface area (Å²) in [5.41, 5.74) is 4.90. The molecule has 0 saturated heterocycles. The lowest BCUT2D eigenvalue weighted by molar-refractivity contribution is -0.141. The molecule has 188 valence electrons. The lowest BCUT2D eigenvalue weighted by Crippen LogP contribution is -2.22. The Morgan fingerprint density at radius 1 is 1.17 bits per heavy atom. The van der Waals surface area contributed by atoms with Gasteiger partial charge in [0, 0.05) is 24.8 Å². The van der Waals surface area contributed by atoms with Crippen LogP contribution in [0, 0.1) is 0 Å². The number of rotatable bonds is 7. The van der Waals surface area contributed by atoms with Gasteiger partial charge in [0.1, 0.15) is 16.4 Å². The molecule has 0 spiro atoms. The van der Waals surface area contributed by atoms with Crippen LogP contribution in [-0.4, -0.2) is 44.7 Å². The quantitative estimate of drug-likeness (QED) is 0.304. The molecule has 0 unspecified atom stereocenters. The first kappa shape index (κ1) is 25.1. The van der Waals surface area contributed by atoms with E-state index in [0.29, 0.717) is 12.1 Å². The first-order valence-corrected chi connectivity index (χ1v) is 10.8. The van der Waals surface area contributed by atoms with Crippen molar-refractivity contribution in [2.45, 2.75) is 19.1 Å². The minimum absolute atomic E-state index is 0.0159. The number of hydrogen-bond acceptors (Lipinski definition) is 9. The van der Waals surface area contributed by atoms with Gasteiger partial charge in [-0.1, -0.05) is 17.7 Å². The molecule has 0 aliphatic carbocycles. The maximum Gasteiger partial charge on any atom is 0.433 e. The first-order valence-electron chi connectivity index (χ1n) is 10.4. The molecule has 0 fully saturated rings. The Morgan fingerprint density at radius 3 is 2.64 bits per heavy atom. The Labute approximate surface area is 206 Å². The first-order chi connectivity index (χ1) is 17.0. The zero-order valence-electron chi connectivity index (χ0n) is 18.9. The van der Waals surface area contributed by atoms with E-state index in [1.807, 2.05) is 6.92 Å². The van der Waals surface area contributed by atoms with Gasteiger partial charge in [-0.25, -0.2) is 15.0 Å². The molecule has 4 N–H and O–H groups in total. The van der Waals surface area contributed by atoms with Crippen molar-refractivity contribution in [3.8, 4) is 22.9 Å². The minimum atomic E-state index is -4.66. The van der Waals surface area contributed by atoms with Gasteiger partial charge in [0.25, 0.3) is 5.56 Å². The number of halogens is 4. The van der Waals surface area contributed by atoms with Crippen molar-refractivity contribution in [3.05, 3.63) is 57.6 Å². The predicted molar refractivity (Wildman–Crippen MR) is 127 cm³/mol. The van der Waals surface area contributed by atoms with Crippen LogP contribution in [0.15, 0.2) is 41.2 Å². The Kier molecular flexibility index (Phi) is 6.95. The van der Waals surface area contributed by atoms with Gasteiger partial charge in [-0.2, -0.15) is 18.2 Å². The molecular formula is C22H19ClF3N7O3. The molecule has 0 bridgehead atoms. The summed E-state index contributed by atoms with van der Waals surface area (Å²) in [5.74, 6) is 0.0826. The van der Waals surface area contributed by atoms with E-state index in [4.69, 9.17) is 26.8 Å². The molecule has 0 amide bonds. The molecular weight excluding hydrogens is 503 g/mol. The van der Waals surface area contributed by atoms with Crippen LogP contribution >= 0.6 is 11.6 Å². The number of ether oxygens (including phenoxy) is 2. The number of pyridine rings is 1. The zero-order chi connectivity index (χ0) is 26.0. The van der Waals surface area contributed by atoms with Crippen LogP contribution in [0.1, 0.15) is 12.6 Å². The van der Waals surface area contributed by atoms with Crippen molar-refractivity contribution in [1.82, 2.24) is 24.9 Å². The summed E-state index contributed by atoms with van der Waals surface area (Å²) in [7, 11) is 1.53. The number of aromatic nitrogens is 5. The summed E-state index contributed by atoms with van der Waals surface area (Å²) in [6, 6.07) is 7.97. The van der Waals surface area contributed by atoms with Crippen molar-refractivity contribution in [3.63, 3.8) is 0 Å². The fourth-order valence-corrected chi connectivity index (χ4v) is 3.52. The Hall–Kier alpha value is -3.97. The van der Waals surface area contributed by atoms with Gasteiger partial charge in [0.15, 0.2) is 11.6 Å². The van der Waals surface area contributed by atoms with Gasteiger partial charge in [0.05, 0.1) is 17.8 Å². The number of nitrogens with one attached hydrogen (secondary N) is 2. The van der Waals surface area contributed by atoms with Crippen molar-refractivity contribution in [2.75, 3.05) is 24.8 Å². The lowest BCUT2D eigenvalue weighted by Gasteiger charge is -2.16. The van der Waals surface area contributed by atoms with E-state index >= 15 is 0 Å². The molecule has 0 aliphatic rings. The number of benzene rings is 1. The molecule has 3 heterocycles. The van der Waals surface area contributed by atoms with Crippen LogP contribution in [0.2, 0.25) is 5.15 Å². The van der Waals surface area contributed by atoms with Gasteiger partial charge < -0.3 is 25.5 Å². The highest BCUT2D eigenvalue weighted by Crippen LogP contribution is 2.35. The summed E-state index contributed by atoms with van der Waals surface area (Å²) in [4.78, 5) is 30.6. The average Bonchev–Trinajstić information content (AvgIpc) is 2.79. The van der Waals surface area contributed by atoms with Gasteiger partial charge in [-0.3, -0.25) is 4.79 Å². The maximum atomic E-state index is 13.0. The number of hydrogen-bond donors (Lipinski definition) is 3. The van der Waals surface area contributed by atoms with E-state index < -0.39 is 22.6 Å². The molecule has 3 aromatic heterocycles. The number of nitrogens with zero attached hydrogens (tertiary/aromatic N) is 4. The second-order valence-electron chi connectivity index (χ2n) is 7.65. The molecule has 14 heteroatoms. The number of nitrogen functional groups attached to an aromatic ring is 1. The molecule has 1 atom stereocenters. The third-order valence-corrected chi connectivity index (χ3v) is 5.12. The van der Waals surface area contributed by atoms with Crippen molar-refractivity contribution < 1.29 is 22.6 Å². The number of H-pyrrole nitrogens is 1. The third kappa shape index (κ3) is 5.47.